The zero-order valence-electron chi connectivity index (χ0n) is 14.6. The summed E-state index contributed by atoms with van der Waals surface area (Å²) in [6, 6.07) is 8.55. The van der Waals surface area contributed by atoms with Gasteiger partial charge in [0.15, 0.2) is 0 Å². The van der Waals surface area contributed by atoms with Crippen molar-refractivity contribution in [3.63, 3.8) is 0 Å². The predicted octanol–water partition coefficient (Wildman–Crippen LogP) is -0.934. The van der Waals surface area contributed by atoms with Crippen LogP contribution in [0.15, 0.2) is 18.2 Å². The molecule has 0 bridgehead atoms. The smallest absolute Gasteiger partial charge is 0.392 e. The van der Waals surface area contributed by atoms with Crippen LogP contribution >= 0.6 is 0 Å². The van der Waals surface area contributed by atoms with E-state index in [1.807, 2.05) is 18.4 Å². The van der Waals surface area contributed by atoms with Crippen molar-refractivity contribution < 1.29 is 141 Å². The van der Waals surface area contributed by atoms with Gasteiger partial charge in [0.25, 0.3) is 0 Å². The number of benzene rings is 1. The molecule has 2 unspecified atom stereocenters. The third-order valence-corrected chi connectivity index (χ3v) is 4.65. The number of hydrogen-bond acceptors (Lipinski definition) is 3. The Hall–Kier alpha value is 2.77. The Kier molecular flexibility index (Phi) is 13.0. The molecule has 0 saturated carbocycles. The van der Waals surface area contributed by atoms with Crippen molar-refractivity contribution in [1.82, 2.24) is 4.90 Å². The molecule has 0 amide bonds. The molecule has 1 aliphatic carbocycles. The largest absolute Gasteiger partial charge is 1.00 e. The maximum atomic E-state index is 11.0. The van der Waals surface area contributed by atoms with Gasteiger partial charge >= 0.3 is 58.2 Å². The van der Waals surface area contributed by atoms with Crippen LogP contribution in [0, 0.1) is 51.1 Å². The van der Waals surface area contributed by atoms with E-state index < -0.39 is 0 Å². The topological polar surface area (TPSA) is 23.6 Å². The second kappa shape index (κ2) is 11.6. The SMILES string of the molecule is CC1CN(c2[c-]cc3c(c2)C([C-]=O)=CC3)CC(C)N1C.[Ra].[Rb+].[Y]. The summed E-state index contributed by atoms with van der Waals surface area (Å²) in [4.78, 5) is 15.8. The third kappa shape index (κ3) is 5.87. The Bertz CT molecular complexity index is 570. The molecule has 23 heavy (non-hydrogen) atoms. The van der Waals surface area contributed by atoms with E-state index in [2.05, 4.69) is 42.8 Å². The standard InChI is InChI=1S/C17H20N2O.Ra.Rb.Y/c1-12-9-19(10-13(2)18(12)3)16-7-6-14-4-5-15(11-20)17(14)8-16;;;/h5-6,8,12-13H,4,9-10H2,1-3H3;;;/q-2;;+1;. The Morgan fingerprint density at radius 3 is 2.43 bits per heavy atom. The van der Waals surface area contributed by atoms with Crippen LogP contribution in [-0.4, -0.2) is 43.4 Å². The van der Waals surface area contributed by atoms with Gasteiger partial charge in [-0.2, -0.15) is 29.8 Å². The van der Waals surface area contributed by atoms with Gasteiger partial charge in [0.05, 0.1) is 6.29 Å². The molecule has 2 atom stereocenters. The van der Waals surface area contributed by atoms with Crippen molar-refractivity contribution in [3.05, 3.63) is 35.4 Å². The maximum Gasteiger partial charge on any atom is 1.00 e. The first kappa shape index (κ1) is 25.8. The molecule has 6 heteroatoms. The summed E-state index contributed by atoms with van der Waals surface area (Å²) in [5.41, 5.74) is 4.01. The molecule has 3 radical (unpaired) electrons. The van der Waals surface area contributed by atoms with Gasteiger partial charge in [-0.25, -0.2) is 11.1 Å². The van der Waals surface area contributed by atoms with Gasteiger partial charge in [-0.1, -0.05) is 5.69 Å². The summed E-state index contributed by atoms with van der Waals surface area (Å²) in [5, 5.41) is 0. The number of nitrogens with zero attached hydrogens (tertiary/aromatic N) is 2. The number of likely N-dealkylation sites (N-methyl/N-ethyl adjacent to an activating group) is 1. The molecule has 2 aliphatic rings. The van der Waals surface area contributed by atoms with Gasteiger partial charge in [0, 0.05) is 103 Å². The van der Waals surface area contributed by atoms with Gasteiger partial charge in [0.1, 0.15) is 0 Å². The summed E-state index contributed by atoms with van der Waals surface area (Å²) >= 11 is 0. The number of fused-ring (bicyclic) bond motifs is 1. The van der Waals surface area contributed by atoms with Crippen LogP contribution in [0.25, 0.3) is 5.57 Å². The molecule has 111 valence electrons. The minimum atomic E-state index is 0. The molecule has 1 saturated heterocycles. The fraction of sp³-hybridized carbons (Fsp3) is 0.471. The summed E-state index contributed by atoms with van der Waals surface area (Å²) in [6.45, 7) is 6.50. The molecule has 0 N–H and O–H groups in total. The van der Waals surface area contributed by atoms with Gasteiger partial charge in [-0.3, -0.25) is 4.90 Å². The van der Waals surface area contributed by atoms with Crippen molar-refractivity contribution in [2.24, 2.45) is 0 Å². The van der Waals surface area contributed by atoms with E-state index in [9.17, 15) is 4.79 Å². The van der Waals surface area contributed by atoms with Crippen molar-refractivity contribution in [1.29, 1.82) is 0 Å². The fourth-order valence-electron chi connectivity index (χ4n) is 3.13. The van der Waals surface area contributed by atoms with Crippen LogP contribution in [0.5, 0.6) is 0 Å². The number of anilines is 1. The van der Waals surface area contributed by atoms with Crippen LogP contribution in [0.1, 0.15) is 25.0 Å². The molecule has 0 spiro atoms. The van der Waals surface area contributed by atoms with Crippen LogP contribution in [0.2, 0.25) is 0 Å². The summed E-state index contributed by atoms with van der Waals surface area (Å²) in [6.07, 6.45) is 4.82. The number of hydrogen-bond donors (Lipinski definition) is 0. The third-order valence-electron chi connectivity index (χ3n) is 4.65. The number of piperazine rings is 1. The summed E-state index contributed by atoms with van der Waals surface area (Å²) in [5.74, 6) is 0. The predicted molar refractivity (Wildman–Crippen MR) is 81.6 cm³/mol. The fourth-order valence-corrected chi connectivity index (χ4v) is 3.13. The van der Waals surface area contributed by atoms with E-state index in [4.69, 9.17) is 0 Å². The quantitative estimate of drug-likeness (QED) is 0.381. The number of allylic oxidation sites excluding steroid dienone is 2. The molecule has 1 heterocycles. The van der Waals surface area contributed by atoms with E-state index in [0.29, 0.717) is 17.7 Å². The van der Waals surface area contributed by atoms with Crippen LogP contribution in [-0.2, 0) is 43.9 Å². The summed E-state index contributed by atoms with van der Waals surface area (Å²) in [7, 11) is 2.18. The molecule has 1 aliphatic heterocycles. The maximum absolute atomic E-state index is 11.0. The Morgan fingerprint density at radius 1 is 1.26 bits per heavy atom. The molecule has 0 aromatic heterocycles. The van der Waals surface area contributed by atoms with E-state index in [0.717, 1.165) is 30.8 Å². The number of rotatable bonds is 2. The van der Waals surface area contributed by atoms with E-state index in [1.165, 1.54) is 5.56 Å². The van der Waals surface area contributed by atoms with Gasteiger partial charge < -0.3 is 9.69 Å². The van der Waals surface area contributed by atoms with E-state index in [1.54, 1.807) is 0 Å². The molecule has 3 nitrogen and oxygen atoms in total. The van der Waals surface area contributed by atoms with Crippen LogP contribution in [0.4, 0.5) is 5.69 Å². The van der Waals surface area contributed by atoms with Crippen LogP contribution in [0.3, 0.4) is 0 Å². The zero-order chi connectivity index (χ0) is 14.3. The molecule has 1 fully saturated rings. The average Bonchev–Trinajstić information content (AvgIpc) is 2.86. The Morgan fingerprint density at radius 2 is 1.87 bits per heavy atom. The minimum absolute atomic E-state index is 0. The van der Waals surface area contributed by atoms with Crippen molar-refractivity contribution >= 4 is 17.5 Å². The van der Waals surface area contributed by atoms with Crippen molar-refractivity contribution in [3.8, 4) is 0 Å². The second-order valence-corrected chi connectivity index (χ2v) is 5.95. The molecule has 1 aromatic carbocycles. The van der Waals surface area contributed by atoms with Crippen molar-refractivity contribution in [2.75, 3.05) is 25.0 Å². The molecular weight excluding hydrogens is 649 g/mol. The summed E-state index contributed by atoms with van der Waals surface area (Å²) < 4.78 is 0. The van der Waals surface area contributed by atoms with Gasteiger partial charge in [0.2, 0.25) is 0 Å². The van der Waals surface area contributed by atoms with E-state index in [-0.39, 0.29) is 136 Å². The second-order valence-electron chi connectivity index (χ2n) is 5.95. The normalized spacial score (nSPS) is 22.9. The Labute approximate surface area is 250 Å². The zero-order valence-corrected chi connectivity index (χ0v) is 28.2. The first-order valence-electron chi connectivity index (χ1n) is 7.20. The van der Waals surface area contributed by atoms with Crippen molar-refractivity contribution in [2.45, 2.75) is 32.4 Å². The monoisotopic (exact) mass is 668 g/mol. The van der Waals surface area contributed by atoms with Gasteiger partial charge in [-0.15, -0.1) is 6.42 Å². The van der Waals surface area contributed by atoms with E-state index >= 15 is 0 Å². The molecule has 1 aromatic rings. The average molecular weight is 669 g/mol. The number of carbonyl (C=O) groups excluding carboxylic acids is 1. The van der Waals surface area contributed by atoms with Gasteiger partial charge in [-0.05, 0) is 20.9 Å². The molecular formula is C17H20N2ORaRbY-. The Balaban J connectivity index is 0.00000161. The molecule has 3 rings (SSSR count). The van der Waals surface area contributed by atoms with Crippen LogP contribution < -0.4 is 63.1 Å². The first-order chi connectivity index (χ1) is 9.60. The first-order valence-corrected chi connectivity index (χ1v) is 7.20. The minimum Gasteiger partial charge on any atom is -0.392 e.